The minimum absolute atomic E-state index is 0.442. The maximum atomic E-state index is 5.68. The van der Waals surface area contributed by atoms with Crippen molar-refractivity contribution in [1.29, 1.82) is 0 Å². The molecule has 3 rings (SSSR count). The summed E-state index contributed by atoms with van der Waals surface area (Å²) in [6, 6.07) is 0. The normalized spacial score (nSPS) is 32.6. The Kier molecular flexibility index (Phi) is 3.18. The smallest absolute Gasteiger partial charge is 0.0712 e. The average molecular weight is 224 g/mol. The van der Waals surface area contributed by atoms with Crippen molar-refractivity contribution >= 4 is 0 Å². The summed E-state index contributed by atoms with van der Waals surface area (Å²) in [5.41, 5.74) is 0.742. The maximum Gasteiger partial charge on any atom is 0.0712 e. The molecule has 3 heteroatoms. The fourth-order valence-electron chi connectivity index (χ4n) is 2.99. The van der Waals surface area contributed by atoms with Crippen LogP contribution in [0.25, 0.3) is 0 Å². The van der Waals surface area contributed by atoms with E-state index in [9.17, 15) is 0 Å². The molecule has 2 aliphatic carbocycles. The number of hydrogen-bond donors (Lipinski definition) is 2. The van der Waals surface area contributed by atoms with E-state index < -0.39 is 0 Å². The molecule has 0 bridgehead atoms. The van der Waals surface area contributed by atoms with Gasteiger partial charge < -0.3 is 15.4 Å². The van der Waals surface area contributed by atoms with Gasteiger partial charge in [0.25, 0.3) is 0 Å². The summed E-state index contributed by atoms with van der Waals surface area (Å²) in [7, 11) is 0. The second kappa shape index (κ2) is 4.63. The van der Waals surface area contributed by atoms with Gasteiger partial charge in [-0.1, -0.05) is 0 Å². The van der Waals surface area contributed by atoms with Gasteiger partial charge in [-0.3, -0.25) is 0 Å². The number of hydrogen-bond acceptors (Lipinski definition) is 3. The van der Waals surface area contributed by atoms with Crippen LogP contribution in [-0.4, -0.2) is 38.9 Å². The van der Waals surface area contributed by atoms with Gasteiger partial charge >= 0.3 is 0 Å². The Labute approximate surface area is 98.3 Å². The zero-order chi connectivity index (χ0) is 10.8. The summed E-state index contributed by atoms with van der Waals surface area (Å²) in [6.45, 7) is 5.33. The Hall–Kier alpha value is -0.120. The lowest BCUT2D eigenvalue weighted by Gasteiger charge is -2.24. The molecule has 2 N–H and O–H groups in total. The predicted octanol–water partition coefficient (Wildman–Crippen LogP) is 1.14. The molecule has 3 aliphatic rings. The fourth-order valence-corrected chi connectivity index (χ4v) is 2.99. The molecule has 2 saturated carbocycles. The van der Waals surface area contributed by atoms with Gasteiger partial charge in [-0.15, -0.1) is 0 Å². The molecule has 1 aliphatic heterocycles. The summed E-state index contributed by atoms with van der Waals surface area (Å²) in [5, 5.41) is 7.03. The molecular weight excluding hydrogens is 200 g/mol. The molecule has 0 aromatic rings. The van der Waals surface area contributed by atoms with E-state index in [0.717, 1.165) is 44.0 Å². The highest BCUT2D eigenvalue weighted by Crippen LogP contribution is 2.60. The lowest BCUT2D eigenvalue weighted by molar-refractivity contribution is 0.0237. The minimum Gasteiger partial charge on any atom is -0.376 e. The van der Waals surface area contributed by atoms with Crippen molar-refractivity contribution < 1.29 is 4.74 Å². The number of ether oxygens (including phenoxy) is 1. The predicted molar refractivity (Wildman–Crippen MR) is 64.5 cm³/mol. The van der Waals surface area contributed by atoms with Crippen molar-refractivity contribution in [3.63, 3.8) is 0 Å². The SMILES string of the molecule is C1COC(CCNCC2(C3CC3)CC2)CN1. The molecule has 1 unspecified atom stereocenters. The largest absolute Gasteiger partial charge is 0.376 e. The summed E-state index contributed by atoms with van der Waals surface area (Å²) in [4.78, 5) is 0. The second-order valence-corrected chi connectivity index (χ2v) is 5.80. The molecule has 3 fully saturated rings. The van der Waals surface area contributed by atoms with E-state index in [0.29, 0.717) is 6.10 Å². The monoisotopic (exact) mass is 224 g/mol. The minimum atomic E-state index is 0.442. The van der Waals surface area contributed by atoms with Crippen molar-refractivity contribution in [3.8, 4) is 0 Å². The van der Waals surface area contributed by atoms with Gasteiger partial charge in [0, 0.05) is 19.6 Å². The van der Waals surface area contributed by atoms with Crippen LogP contribution in [0.2, 0.25) is 0 Å². The third-order valence-electron chi connectivity index (χ3n) is 4.46. The van der Waals surface area contributed by atoms with Crippen molar-refractivity contribution in [1.82, 2.24) is 10.6 Å². The van der Waals surface area contributed by atoms with Crippen LogP contribution in [0, 0.1) is 11.3 Å². The first-order valence-electron chi connectivity index (χ1n) is 6.92. The van der Waals surface area contributed by atoms with Gasteiger partial charge in [0.2, 0.25) is 0 Å². The van der Waals surface area contributed by atoms with E-state index in [1.165, 1.54) is 32.2 Å². The van der Waals surface area contributed by atoms with Crippen molar-refractivity contribution in [2.24, 2.45) is 11.3 Å². The van der Waals surface area contributed by atoms with E-state index >= 15 is 0 Å². The topological polar surface area (TPSA) is 33.3 Å². The lowest BCUT2D eigenvalue weighted by atomic mass is 10.0. The molecule has 0 aromatic heterocycles. The number of nitrogens with one attached hydrogen (secondary N) is 2. The van der Waals surface area contributed by atoms with E-state index in [1.54, 1.807) is 0 Å². The van der Waals surface area contributed by atoms with Gasteiger partial charge in [-0.25, -0.2) is 0 Å². The van der Waals surface area contributed by atoms with Gasteiger partial charge in [-0.2, -0.15) is 0 Å². The van der Waals surface area contributed by atoms with Gasteiger partial charge in [0.15, 0.2) is 0 Å². The van der Waals surface area contributed by atoms with Crippen LogP contribution in [0.1, 0.15) is 32.1 Å². The van der Waals surface area contributed by atoms with E-state index in [4.69, 9.17) is 4.74 Å². The maximum absolute atomic E-state index is 5.68. The van der Waals surface area contributed by atoms with E-state index in [1.807, 2.05) is 0 Å². The number of rotatable bonds is 6. The zero-order valence-electron chi connectivity index (χ0n) is 10.1. The molecule has 0 radical (unpaired) electrons. The molecule has 0 amide bonds. The van der Waals surface area contributed by atoms with Crippen LogP contribution in [0.3, 0.4) is 0 Å². The van der Waals surface area contributed by atoms with Crippen LogP contribution < -0.4 is 10.6 Å². The molecule has 1 atom stereocenters. The van der Waals surface area contributed by atoms with E-state index in [2.05, 4.69) is 10.6 Å². The summed E-state index contributed by atoms with van der Waals surface area (Å²) in [6.07, 6.45) is 7.55. The molecule has 3 nitrogen and oxygen atoms in total. The highest BCUT2D eigenvalue weighted by molar-refractivity contribution is 5.04. The van der Waals surface area contributed by atoms with Crippen LogP contribution in [0.5, 0.6) is 0 Å². The van der Waals surface area contributed by atoms with Crippen LogP contribution in [0.15, 0.2) is 0 Å². The Bertz CT molecular complexity index is 230. The van der Waals surface area contributed by atoms with Crippen LogP contribution in [-0.2, 0) is 4.74 Å². The summed E-state index contributed by atoms with van der Waals surface area (Å²) in [5.74, 6) is 1.08. The highest BCUT2D eigenvalue weighted by Gasteiger charge is 2.53. The van der Waals surface area contributed by atoms with Crippen LogP contribution >= 0.6 is 0 Å². The van der Waals surface area contributed by atoms with Gasteiger partial charge in [0.05, 0.1) is 12.7 Å². The molecule has 92 valence electrons. The Morgan fingerprint density at radius 3 is 2.81 bits per heavy atom. The lowest BCUT2D eigenvalue weighted by Crippen LogP contribution is -2.40. The molecule has 0 spiro atoms. The standard InChI is InChI=1S/C13H24N2O/c1-2-11(1)13(4-5-13)10-15-6-3-12-9-14-7-8-16-12/h11-12,14-15H,1-10H2. The third-order valence-corrected chi connectivity index (χ3v) is 4.46. The highest BCUT2D eigenvalue weighted by atomic mass is 16.5. The van der Waals surface area contributed by atoms with E-state index in [-0.39, 0.29) is 0 Å². The van der Waals surface area contributed by atoms with Gasteiger partial charge in [0.1, 0.15) is 0 Å². The van der Waals surface area contributed by atoms with Gasteiger partial charge in [-0.05, 0) is 50.0 Å². The molecule has 16 heavy (non-hydrogen) atoms. The molecular formula is C13H24N2O. The summed E-state index contributed by atoms with van der Waals surface area (Å²) >= 11 is 0. The van der Waals surface area contributed by atoms with Crippen molar-refractivity contribution in [3.05, 3.63) is 0 Å². The quantitative estimate of drug-likeness (QED) is 0.664. The van der Waals surface area contributed by atoms with Crippen molar-refractivity contribution in [2.75, 3.05) is 32.8 Å². The molecule has 1 heterocycles. The Morgan fingerprint density at radius 1 is 1.31 bits per heavy atom. The first-order valence-corrected chi connectivity index (χ1v) is 6.92. The second-order valence-electron chi connectivity index (χ2n) is 5.80. The first-order chi connectivity index (χ1) is 7.89. The zero-order valence-corrected chi connectivity index (χ0v) is 10.1. The first kappa shape index (κ1) is 11.0. The van der Waals surface area contributed by atoms with Crippen molar-refractivity contribution in [2.45, 2.75) is 38.2 Å². The number of morpholine rings is 1. The molecule has 0 aromatic carbocycles. The molecule has 1 saturated heterocycles. The fraction of sp³-hybridized carbons (Fsp3) is 1.00. The average Bonchev–Trinajstić information content (AvgIpc) is 3.17. The third kappa shape index (κ3) is 2.58. The summed E-state index contributed by atoms with van der Waals surface area (Å²) < 4.78 is 5.68. The Balaban J connectivity index is 1.29. The van der Waals surface area contributed by atoms with Crippen LogP contribution in [0.4, 0.5) is 0 Å². The Morgan fingerprint density at radius 2 is 2.19 bits per heavy atom.